The first-order valence-corrected chi connectivity index (χ1v) is 11.5. The summed E-state index contributed by atoms with van der Waals surface area (Å²) in [4.78, 5) is 15.1. The lowest BCUT2D eigenvalue weighted by molar-refractivity contribution is 0.0768. The summed E-state index contributed by atoms with van der Waals surface area (Å²) in [5.74, 6) is 2.61. The van der Waals surface area contributed by atoms with E-state index in [2.05, 4.69) is 0 Å². The van der Waals surface area contributed by atoms with Gasteiger partial charge in [-0.15, -0.1) is 0 Å². The van der Waals surface area contributed by atoms with Crippen LogP contribution in [0.5, 0.6) is 23.0 Å². The van der Waals surface area contributed by atoms with E-state index in [1.165, 1.54) is 0 Å². The van der Waals surface area contributed by atoms with Crippen molar-refractivity contribution in [2.75, 3.05) is 35.0 Å². The Hall–Kier alpha value is -3.87. The number of fused-ring (bicyclic) bond motifs is 1. The summed E-state index contributed by atoms with van der Waals surface area (Å²) in [6.45, 7) is 0.756. The molecular formula is C28H31NO6. The highest BCUT2D eigenvalue weighted by Gasteiger charge is 2.33. The first-order chi connectivity index (χ1) is 17.1. The maximum absolute atomic E-state index is 13.3. The molecule has 3 aromatic rings. The number of amides is 1. The number of hydrogen-bond acceptors (Lipinski definition) is 6. The summed E-state index contributed by atoms with van der Waals surface area (Å²) in [6, 6.07) is 19.2. The van der Waals surface area contributed by atoms with Gasteiger partial charge in [-0.1, -0.05) is 36.4 Å². The van der Waals surface area contributed by atoms with Gasteiger partial charge in [0.1, 0.15) is 6.61 Å². The van der Waals surface area contributed by atoms with Gasteiger partial charge in [-0.3, -0.25) is 0 Å². The lowest BCUT2D eigenvalue weighted by atomic mass is 9.88. The SMILES string of the molecule is COc1ccc(C[C@H]2c3cc(OC)c(OC)cc3CCN2C(=O)OCc2ccccc2)cc1OC. The van der Waals surface area contributed by atoms with Crippen LogP contribution in [0.1, 0.15) is 28.3 Å². The fraction of sp³-hybridized carbons (Fsp3) is 0.321. The van der Waals surface area contributed by atoms with E-state index in [0.717, 1.165) is 22.3 Å². The van der Waals surface area contributed by atoms with Gasteiger partial charge in [0.15, 0.2) is 23.0 Å². The van der Waals surface area contributed by atoms with E-state index in [9.17, 15) is 4.79 Å². The van der Waals surface area contributed by atoms with E-state index in [0.29, 0.717) is 42.4 Å². The van der Waals surface area contributed by atoms with Gasteiger partial charge in [0.2, 0.25) is 0 Å². The molecule has 0 spiro atoms. The topological polar surface area (TPSA) is 66.5 Å². The molecule has 0 saturated carbocycles. The minimum Gasteiger partial charge on any atom is -0.493 e. The van der Waals surface area contributed by atoms with Gasteiger partial charge >= 0.3 is 6.09 Å². The van der Waals surface area contributed by atoms with Crippen LogP contribution in [0.15, 0.2) is 60.7 Å². The van der Waals surface area contributed by atoms with Crippen molar-refractivity contribution in [3.63, 3.8) is 0 Å². The van der Waals surface area contributed by atoms with E-state index >= 15 is 0 Å². The maximum Gasteiger partial charge on any atom is 0.410 e. The number of carbonyl (C=O) groups is 1. The van der Waals surface area contributed by atoms with Crippen LogP contribution in [-0.4, -0.2) is 46.0 Å². The predicted octanol–water partition coefficient (Wildman–Crippen LogP) is 5.20. The van der Waals surface area contributed by atoms with Crippen LogP contribution in [0.4, 0.5) is 4.79 Å². The average molecular weight is 478 g/mol. The Labute approximate surface area is 206 Å². The zero-order valence-corrected chi connectivity index (χ0v) is 20.6. The van der Waals surface area contributed by atoms with E-state index in [-0.39, 0.29) is 18.7 Å². The van der Waals surface area contributed by atoms with Crippen LogP contribution in [0.2, 0.25) is 0 Å². The van der Waals surface area contributed by atoms with E-state index in [1.807, 2.05) is 60.7 Å². The number of methoxy groups -OCH3 is 4. The van der Waals surface area contributed by atoms with Crippen molar-refractivity contribution in [1.29, 1.82) is 0 Å². The van der Waals surface area contributed by atoms with Gasteiger partial charge in [0.05, 0.1) is 34.5 Å². The molecule has 0 saturated heterocycles. The second kappa shape index (κ2) is 11.0. The molecule has 35 heavy (non-hydrogen) atoms. The van der Waals surface area contributed by atoms with Crippen molar-refractivity contribution in [2.24, 2.45) is 0 Å². The molecule has 0 fully saturated rings. The van der Waals surface area contributed by atoms with Gasteiger partial charge in [-0.05, 0) is 59.4 Å². The standard InChI is InChI=1S/C28H31NO6/c1-31-24-11-10-20(15-25(24)32-2)14-23-22-17-27(34-4)26(33-3)16-21(22)12-13-29(23)28(30)35-18-19-8-6-5-7-9-19/h5-11,15-17,23H,12-14,18H2,1-4H3/t23-/m0/s1. The first kappa shape index (κ1) is 24.3. The molecule has 1 aliphatic heterocycles. The van der Waals surface area contributed by atoms with Crippen LogP contribution >= 0.6 is 0 Å². The number of rotatable bonds is 8. The fourth-order valence-electron chi connectivity index (χ4n) is 4.50. The summed E-state index contributed by atoms with van der Waals surface area (Å²) in [7, 11) is 6.46. The monoisotopic (exact) mass is 477 g/mol. The lowest BCUT2D eigenvalue weighted by Crippen LogP contribution is -2.41. The molecule has 1 atom stereocenters. The Kier molecular flexibility index (Phi) is 7.65. The normalized spacial score (nSPS) is 14.6. The van der Waals surface area contributed by atoms with Gasteiger partial charge in [-0.2, -0.15) is 0 Å². The quantitative estimate of drug-likeness (QED) is 0.444. The summed E-state index contributed by atoms with van der Waals surface area (Å²) in [6.07, 6.45) is 0.918. The molecule has 0 bridgehead atoms. The molecule has 1 aliphatic rings. The molecule has 1 amide bonds. The van der Waals surface area contributed by atoms with Gasteiger partial charge < -0.3 is 28.6 Å². The Balaban J connectivity index is 1.67. The van der Waals surface area contributed by atoms with Gasteiger partial charge in [0.25, 0.3) is 0 Å². The summed E-state index contributed by atoms with van der Waals surface area (Å²) in [5, 5.41) is 0. The van der Waals surface area contributed by atoms with Crippen molar-refractivity contribution < 1.29 is 28.5 Å². The third-order valence-electron chi connectivity index (χ3n) is 6.32. The fourth-order valence-corrected chi connectivity index (χ4v) is 4.50. The zero-order valence-electron chi connectivity index (χ0n) is 20.6. The first-order valence-electron chi connectivity index (χ1n) is 11.5. The number of nitrogens with zero attached hydrogens (tertiary/aromatic N) is 1. The second-order valence-electron chi connectivity index (χ2n) is 8.30. The summed E-state index contributed by atoms with van der Waals surface area (Å²) < 4.78 is 27.7. The van der Waals surface area contributed by atoms with Crippen LogP contribution < -0.4 is 18.9 Å². The highest BCUT2D eigenvalue weighted by molar-refractivity contribution is 5.69. The third kappa shape index (κ3) is 5.29. The number of ether oxygens (including phenoxy) is 5. The van der Waals surface area contributed by atoms with Crippen LogP contribution in [-0.2, 0) is 24.2 Å². The third-order valence-corrected chi connectivity index (χ3v) is 6.32. The molecule has 7 nitrogen and oxygen atoms in total. The van der Waals surface area contributed by atoms with E-state index in [1.54, 1.807) is 33.3 Å². The molecule has 0 aromatic heterocycles. The Morgan fingerprint density at radius 1 is 0.800 bits per heavy atom. The second-order valence-corrected chi connectivity index (χ2v) is 8.30. The molecule has 0 radical (unpaired) electrons. The minimum absolute atomic E-state index is 0.220. The van der Waals surface area contributed by atoms with Gasteiger partial charge in [-0.25, -0.2) is 4.79 Å². The van der Waals surface area contributed by atoms with Crippen molar-refractivity contribution >= 4 is 6.09 Å². The van der Waals surface area contributed by atoms with Gasteiger partial charge in [0, 0.05) is 6.54 Å². The molecule has 4 rings (SSSR count). The minimum atomic E-state index is -0.347. The van der Waals surface area contributed by atoms with Crippen molar-refractivity contribution in [3.8, 4) is 23.0 Å². The molecule has 0 aliphatic carbocycles. The maximum atomic E-state index is 13.3. The smallest absolute Gasteiger partial charge is 0.410 e. The predicted molar refractivity (Wildman–Crippen MR) is 133 cm³/mol. The molecule has 1 heterocycles. The highest BCUT2D eigenvalue weighted by atomic mass is 16.6. The number of hydrogen-bond donors (Lipinski definition) is 0. The molecule has 0 unspecified atom stereocenters. The lowest BCUT2D eigenvalue weighted by Gasteiger charge is -2.37. The largest absolute Gasteiger partial charge is 0.493 e. The molecular weight excluding hydrogens is 446 g/mol. The number of carbonyl (C=O) groups excluding carboxylic acids is 1. The molecule has 0 N–H and O–H groups in total. The van der Waals surface area contributed by atoms with E-state index in [4.69, 9.17) is 23.7 Å². The molecule has 7 heteroatoms. The Bertz CT molecular complexity index is 1160. The summed E-state index contributed by atoms with van der Waals surface area (Å²) >= 11 is 0. The number of benzene rings is 3. The van der Waals surface area contributed by atoms with Crippen LogP contribution in [0, 0.1) is 0 Å². The average Bonchev–Trinajstić information content (AvgIpc) is 2.91. The van der Waals surface area contributed by atoms with E-state index < -0.39 is 0 Å². The van der Waals surface area contributed by atoms with Crippen LogP contribution in [0.3, 0.4) is 0 Å². The zero-order chi connectivity index (χ0) is 24.8. The van der Waals surface area contributed by atoms with Crippen LogP contribution in [0.25, 0.3) is 0 Å². The van der Waals surface area contributed by atoms with Crippen molar-refractivity contribution in [3.05, 3.63) is 82.9 Å². The Morgan fingerprint density at radius 3 is 2.14 bits per heavy atom. The molecule has 184 valence electrons. The summed E-state index contributed by atoms with van der Waals surface area (Å²) in [5.41, 5.74) is 4.10. The van der Waals surface area contributed by atoms with Crippen molar-refractivity contribution in [2.45, 2.75) is 25.5 Å². The highest BCUT2D eigenvalue weighted by Crippen LogP contribution is 2.40. The van der Waals surface area contributed by atoms with Crippen molar-refractivity contribution in [1.82, 2.24) is 4.90 Å². The molecule has 3 aromatic carbocycles. The Morgan fingerprint density at radius 2 is 1.46 bits per heavy atom.